The fraction of sp³-hybridized carbons (Fsp3) is 0.278. The standard InChI is InChI=1S/C18H20ClN5OS.ClH/c1-24-18(21-22-23-24)26-11-10-20-12-14-6-8-16(9-7-14)25-13-15-4-2-3-5-17(15)19;/h2-9,20H,10-13H2,1H3;1H. The second kappa shape index (κ2) is 11.1. The zero-order valence-corrected chi connectivity index (χ0v) is 17.2. The molecule has 0 aliphatic carbocycles. The normalized spacial score (nSPS) is 10.4. The summed E-state index contributed by atoms with van der Waals surface area (Å²) in [4.78, 5) is 0. The van der Waals surface area contributed by atoms with Gasteiger partial charge in [0.25, 0.3) is 0 Å². The molecular formula is C18H21Cl2N5OS. The highest BCUT2D eigenvalue weighted by Gasteiger charge is 2.03. The third-order valence-corrected chi connectivity index (χ3v) is 5.08. The minimum absolute atomic E-state index is 0. The average Bonchev–Trinajstić information content (AvgIpc) is 3.07. The lowest BCUT2D eigenvalue weighted by molar-refractivity contribution is 0.306. The summed E-state index contributed by atoms with van der Waals surface area (Å²) in [5.74, 6) is 1.74. The molecule has 2 aromatic carbocycles. The SMILES string of the molecule is Cl.Cn1nnnc1SCCNCc1ccc(OCc2ccccc2Cl)cc1. The maximum Gasteiger partial charge on any atom is 0.209 e. The zero-order valence-electron chi connectivity index (χ0n) is 14.8. The first kappa shape index (κ1) is 21.5. The summed E-state index contributed by atoms with van der Waals surface area (Å²) in [6, 6.07) is 15.8. The van der Waals surface area contributed by atoms with E-state index in [4.69, 9.17) is 16.3 Å². The third kappa shape index (κ3) is 6.70. The lowest BCUT2D eigenvalue weighted by atomic mass is 10.2. The summed E-state index contributed by atoms with van der Waals surface area (Å²) in [5, 5.41) is 16.3. The van der Waals surface area contributed by atoms with Gasteiger partial charge in [-0.1, -0.05) is 53.7 Å². The van der Waals surface area contributed by atoms with Crippen LogP contribution in [0.1, 0.15) is 11.1 Å². The van der Waals surface area contributed by atoms with Crippen molar-refractivity contribution in [2.24, 2.45) is 7.05 Å². The van der Waals surface area contributed by atoms with Crippen molar-refractivity contribution >= 4 is 35.8 Å². The van der Waals surface area contributed by atoms with Crippen molar-refractivity contribution in [3.8, 4) is 5.75 Å². The summed E-state index contributed by atoms with van der Waals surface area (Å²) in [5.41, 5.74) is 2.19. The van der Waals surface area contributed by atoms with Gasteiger partial charge in [0, 0.05) is 36.5 Å². The van der Waals surface area contributed by atoms with E-state index >= 15 is 0 Å². The van der Waals surface area contributed by atoms with Crippen molar-refractivity contribution in [1.29, 1.82) is 0 Å². The Morgan fingerprint density at radius 3 is 2.63 bits per heavy atom. The third-order valence-electron chi connectivity index (χ3n) is 3.70. The minimum Gasteiger partial charge on any atom is -0.489 e. The maximum atomic E-state index is 6.14. The van der Waals surface area contributed by atoms with E-state index < -0.39 is 0 Å². The van der Waals surface area contributed by atoms with Crippen molar-refractivity contribution < 1.29 is 4.74 Å². The van der Waals surface area contributed by atoms with E-state index in [1.807, 2.05) is 43.4 Å². The fourth-order valence-corrected chi connectivity index (χ4v) is 3.21. The first-order chi connectivity index (χ1) is 12.7. The Hall–Kier alpha value is -1.80. The van der Waals surface area contributed by atoms with E-state index in [0.29, 0.717) is 6.61 Å². The number of tetrazole rings is 1. The van der Waals surface area contributed by atoms with Crippen LogP contribution in [0.2, 0.25) is 5.02 Å². The highest BCUT2D eigenvalue weighted by Crippen LogP contribution is 2.19. The fourth-order valence-electron chi connectivity index (χ4n) is 2.27. The molecule has 0 fully saturated rings. The number of hydrogen-bond donors (Lipinski definition) is 1. The number of aromatic nitrogens is 4. The molecule has 3 rings (SSSR count). The maximum absolute atomic E-state index is 6.14. The van der Waals surface area contributed by atoms with Crippen LogP contribution in [0, 0.1) is 0 Å². The smallest absolute Gasteiger partial charge is 0.209 e. The molecule has 0 aliphatic rings. The van der Waals surface area contributed by atoms with Crippen molar-refractivity contribution in [2.45, 2.75) is 18.3 Å². The second-order valence-corrected chi connectivity index (χ2v) is 7.10. The zero-order chi connectivity index (χ0) is 18.2. The highest BCUT2D eigenvalue weighted by atomic mass is 35.5. The number of ether oxygens (including phenoxy) is 1. The molecule has 0 bridgehead atoms. The Bertz CT molecular complexity index is 829. The van der Waals surface area contributed by atoms with E-state index in [1.165, 1.54) is 5.56 Å². The largest absolute Gasteiger partial charge is 0.489 e. The van der Waals surface area contributed by atoms with Crippen LogP contribution in [0.25, 0.3) is 0 Å². The molecule has 144 valence electrons. The quantitative estimate of drug-likeness (QED) is 0.415. The van der Waals surface area contributed by atoms with Crippen LogP contribution in [0.3, 0.4) is 0 Å². The summed E-state index contributed by atoms with van der Waals surface area (Å²) in [6.07, 6.45) is 0. The van der Waals surface area contributed by atoms with Crippen LogP contribution in [0.4, 0.5) is 0 Å². The summed E-state index contributed by atoms with van der Waals surface area (Å²) < 4.78 is 7.47. The van der Waals surface area contributed by atoms with Gasteiger partial charge in [-0.3, -0.25) is 0 Å². The van der Waals surface area contributed by atoms with Crippen LogP contribution >= 0.6 is 35.8 Å². The molecule has 0 saturated carbocycles. The Kier molecular flexibility index (Phi) is 8.87. The number of thioether (sulfide) groups is 1. The number of halogens is 2. The van der Waals surface area contributed by atoms with E-state index in [1.54, 1.807) is 16.4 Å². The van der Waals surface area contributed by atoms with Crippen LogP contribution in [0.15, 0.2) is 53.7 Å². The lowest BCUT2D eigenvalue weighted by Gasteiger charge is -2.09. The summed E-state index contributed by atoms with van der Waals surface area (Å²) in [7, 11) is 1.84. The van der Waals surface area contributed by atoms with E-state index in [2.05, 4.69) is 33.0 Å². The molecule has 3 aromatic rings. The van der Waals surface area contributed by atoms with Crippen molar-refractivity contribution in [3.63, 3.8) is 0 Å². The molecule has 0 aliphatic heterocycles. The number of hydrogen-bond acceptors (Lipinski definition) is 6. The van der Waals surface area contributed by atoms with Crippen molar-refractivity contribution in [3.05, 3.63) is 64.7 Å². The van der Waals surface area contributed by atoms with Gasteiger partial charge >= 0.3 is 0 Å². The molecule has 9 heteroatoms. The molecule has 0 saturated heterocycles. The van der Waals surface area contributed by atoms with Gasteiger partial charge in [-0.2, -0.15) is 0 Å². The molecule has 1 aromatic heterocycles. The molecule has 1 N–H and O–H groups in total. The number of nitrogens with one attached hydrogen (secondary N) is 1. The predicted octanol–water partition coefficient (Wildman–Crippen LogP) is 3.75. The number of benzene rings is 2. The first-order valence-corrected chi connectivity index (χ1v) is 9.60. The monoisotopic (exact) mass is 425 g/mol. The second-order valence-electron chi connectivity index (χ2n) is 5.63. The van der Waals surface area contributed by atoms with Gasteiger partial charge in [-0.05, 0) is 34.2 Å². The Balaban J connectivity index is 0.00000261. The summed E-state index contributed by atoms with van der Waals surface area (Å²) >= 11 is 7.77. The van der Waals surface area contributed by atoms with Crippen LogP contribution in [0.5, 0.6) is 5.75 Å². The van der Waals surface area contributed by atoms with Gasteiger partial charge in [-0.25, -0.2) is 4.68 Å². The average molecular weight is 426 g/mol. The van der Waals surface area contributed by atoms with Gasteiger partial charge in [0.1, 0.15) is 12.4 Å². The van der Waals surface area contributed by atoms with Gasteiger partial charge in [0.05, 0.1) is 0 Å². The van der Waals surface area contributed by atoms with E-state index in [-0.39, 0.29) is 12.4 Å². The molecule has 0 spiro atoms. The van der Waals surface area contributed by atoms with Gasteiger partial charge in [-0.15, -0.1) is 17.5 Å². The molecule has 0 amide bonds. The number of rotatable bonds is 9. The van der Waals surface area contributed by atoms with E-state index in [0.717, 1.165) is 40.3 Å². The van der Waals surface area contributed by atoms with Gasteiger partial charge in [0.15, 0.2) is 0 Å². The summed E-state index contributed by atoms with van der Waals surface area (Å²) in [6.45, 7) is 2.15. The minimum atomic E-state index is 0. The Labute approximate surface area is 174 Å². The Morgan fingerprint density at radius 2 is 1.93 bits per heavy atom. The van der Waals surface area contributed by atoms with Crippen molar-refractivity contribution in [1.82, 2.24) is 25.5 Å². The van der Waals surface area contributed by atoms with Crippen LogP contribution in [-0.2, 0) is 20.2 Å². The highest BCUT2D eigenvalue weighted by molar-refractivity contribution is 7.99. The molecule has 0 atom stereocenters. The number of nitrogens with zero attached hydrogens (tertiary/aromatic N) is 4. The Morgan fingerprint density at radius 1 is 1.15 bits per heavy atom. The molecule has 6 nitrogen and oxygen atoms in total. The molecule has 0 radical (unpaired) electrons. The first-order valence-electron chi connectivity index (χ1n) is 8.23. The van der Waals surface area contributed by atoms with Gasteiger partial charge < -0.3 is 10.1 Å². The predicted molar refractivity (Wildman–Crippen MR) is 111 cm³/mol. The molecule has 0 unspecified atom stereocenters. The number of aryl methyl sites for hydroxylation is 1. The van der Waals surface area contributed by atoms with Crippen LogP contribution < -0.4 is 10.1 Å². The van der Waals surface area contributed by atoms with Gasteiger partial charge in [0.2, 0.25) is 5.16 Å². The van der Waals surface area contributed by atoms with E-state index in [9.17, 15) is 0 Å². The molecule has 1 heterocycles. The lowest BCUT2D eigenvalue weighted by Crippen LogP contribution is -2.16. The van der Waals surface area contributed by atoms with Crippen LogP contribution in [-0.4, -0.2) is 32.5 Å². The topological polar surface area (TPSA) is 64.9 Å². The van der Waals surface area contributed by atoms with Crippen molar-refractivity contribution in [2.75, 3.05) is 12.3 Å². The molecular weight excluding hydrogens is 405 g/mol. The molecule has 27 heavy (non-hydrogen) atoms.